The lowest BCUT2D eigenvalue weighted by Gasteiger charge is -2.53. The second-order valence-corrected chi connectivity index (χ2v) is 13.6. The summed E-state index contributed by atoms with van der Waals surface area (Å²) in [5.41, 5.74) is 1.89. The highest BCUT2D eigenvalue weighted by Crippen LogP contribution is 2.58. The molecule has 1 saturated heterocycles. The van der Waals surface area contributed by atoms with Crippen molar-refractivity contribution in [2.24, 2.45) is 11.3 Å². The van der Waals surface area contributed by atoms with Crippen LogP contribution in [0.25, 0.3) is 11.5 Å². The van der Waals surface area contributed by atoms with Gasteiger partial charge in [0.25, 0.3) is 5.89 Å². The van der Waals surface area contributed by atoms with E-state index in [1.54, 1.807) is 0 Å². The van der Waals surface area contributed by atoms with E-state index in [1.165, 1.54) is 12.8 Å². The molecule has 1 atom stereocenters. The molecule has 9 rings (SSSR count). The van der Waals surface area contributed by atoms with E-state index >= 15 is 0 Å². The van der Waals surface area contributed by atoms with Crippen LogP contribution >= 0.6 is 0 Å². The van der Waals surface area contributed by atoms with Gasteiger partial charge in [0.05, 0.1) is 0 Å². The number of carbonyl (C=O) groups excluding carboxylic acids is 1. The third-order valence-corrected chi connectivity index (χ3v) is 10.5. The summed E-state index contributed by atoms with van der Waals surface area (Å²) >= 11 is 0. The Morgan fingerprint density at radius 1 is 0.902 bits per heavy atom. The minimum atomic E-state index is 0.00724. The molecule has 2 aromatic heterocycles. The SMILES string of the molecule is O=C(CC1CCCOC1)N(CC12CCC(c3nc(C4CC4)no3)(CC1)CC2)c1cccc(-c2nc(C3CC3)no2)c1. The van der Waals surface area contributed by atoms with Crippen molar-refractivity contribution in [1.82, 2.24) is 20.3 Å². The van der Waals surface area contributed by atoms with Crippen LogP contribution in [0.4, 0.5) is 5.69 Å². The molecule has 1 aliphatic heterocycles. The fourth-order valence-corrected chi connectivity index (χ4v) is 7.43. The third kappa shape index (κ3) is 5.00. The first-order chi connectivity index (χ1) is 20.1. The largest absolute Gasteiger partial charge is 0.381 e. The van der Waals surface area contributed by atoms with Crippen LogP contribution in [0.3, 0.4) is 0 Å². The fourth-order valence-electron chi connectivity index (χ4n) is 7.43. The number of hydrogen-bond acceptors (Lipinski definition) is 8. The van der Waals surface area contributed by atoms with Gasteiger partial charge in [-0.3, -0.25) is 4.79 Å². The molecule has 3 aromatic rings. The average molecular weight is 558 g/mol. The molecule has 1 amide bonds. The Kier molecular flexibility index (Phi) is 6.27. The van der Waals surface area contributed by atoms with Crippen LogP contribution in [0, 0.1) is 11.3 Å². The molecule has 2 bridgehead atoms. The molecule has 1 unspecified atom stereocenters. The molecule has 6 fully saturated rings. The van der Waals surface area contributed by atoms with Crippen LogP contribution in [-0.4, -0.2) is 45.9 Å². The van der Waals surface area contributed by atoms with Gasteiger partial charge in [0.15, 0.2) is 11.6 Å². The molecule has 0 spiro atoms. The number of benzene rings is 1. The van der Waals surface area contributed by atoms with Crippen molar-refractivity contribution < 1.29 is 18.6 Å². The number of anilines is 1. The number of rotatable bonds is 9. The molecule has 9 heteroatoms. The van der Waals surface area contributed by atoms with E-state index < -0.39 is 0 Å². The predicted octanol–water partition coefficient (Wildman–Crippen LogP) is 6.32. The normalized spacial score (nSPS) is 29.5. The summed E-state index contributed by atoms with van der Waals surface area (Å²) in [6.45, 7) is 2.20. The molecule has 41 heavy (non-hydrogen) atoms. The zero-order chi connectivity index (χ0) is 27.4. The Labute approximate surface area is 240 Å². The van der Waals surface area contributed by atoms with Crippen LogP contribution in [0.2, 0.25) is 0 Å². The summed E-state index contributed by atoms with van der Waals surface area (Å²) in [6, 6.07) is 8.12. The van der Waals surface area contributed by atoms with Gasteiger partial charge in [-0.15, -0.1) is 0 Å². The Morgan fingerprint density at radius 2 is 1.63 bits per heavy atom. The van der Waals surface area contributed by atoms with Gasteiger partial charge in [-0.25, -0.2) is 0 Å². The molecular weight excluding hydrogens is 518 g/mol. The first-order valence-electron chi connectivity index (χ1n) is 15.7. The number of hydrogen-bond donors (Lipinski definition) is 0. The summed E-state index contributed by atoms with van der Waals surface area (Å²) in [5, 5.41) is 8.54. The molecular formula is C32H39N5O4. The van der Waals surface area contributed by atoms with Gasteiger partial charge in [-0.1, -0.05) is 16.4 Å². The molecule has 9 nitrogen and oxygen atoms in total. The number of amides is 1. The maximum absolute atomic E-state index is 14.0. The van der Waals surface area contributed by atoms with E-state index in [0.29, 0.717) is 30.8 Å². The maximum atomic E-state index is 14.0. The maximum Gasteiger partial charge on any atom is 0.258 e. The standard InChI is InChI=1S/C32H39N5O4/c38-26(17-21-3-2-16-39-19-21)37(25-5-1-4-24(18-25)29-33-27(35-40-29)22-6-7-22)20-31-10-13-32(14-11-31,15-12-31)30-34-28(36-41-30)23-8-9-23/h1,4-5,18,21-23H,2-3,6-17,19-20H2. The topological polar surface area (TPSA) is 107 Å². The zero-order valence-corrected chi connectivity index (χ0v) is 23.7. The van der Waals surface area contributed by atoms with Crippen molar-refractivity contribution in [2.45, 2.75) is 101 Å². The fraction of sp³-hybridized carbons (Fsp3) is 0.656. The number of carbonyl (C=O) groups is 1. The first kappa shape index (κ1) is 25.6. The van der Waals surface area contributed by atoms with Gasteiger partial charge in [-0.05, 0) is 107 Å². The summed E-state index contributed by atoms with van der Waals surface area (Å²) in [6.07, 6.45) is 13.6. The lowest BCUT2D eigenvalue weighted by atomic mass is 9.53. The van der Waals surface area contributed by atoms with Gasteiger partial charge in [0.2, 0.25) is 11.8 Å². The average Bonchev–Trinajstić information content (AvgIpc) is 3.96. The van der Waals surface area contributed by atoms with Gasteiger partial charge in [-0.2, -0.15) is 9.97 Å². The number of ether oxygens (including phenoxy) is 1. The molecule has 5 saturated carbocycles. The Morgan fingerprint density at radius 3 is 2.34 bits per heavy atom. The predicted molar refractivity (Wildman–Crippen MR) is 150 cm³/mol. The zero-order valence-electron chi connectivity index (χ0n) is 23.7. The van der Waals surface area contributed by atoms with Crippen molar-refractivity contribution in [3.63, 3.8) is 0 Å². The minimum absolute atomic E-state index is 0.00724. The summed E-state index contributed by atoms with van der Waals surface area (Å²) in [7, 11) is 0. The Hall–Kier alpha value is -3.07. The van der Waals surface area contributed by atoms with Crippen LogP contribution in [-0.2, 0) is 14.9 Å². The molecule has 6 aliphatic rings. The molecule has 3 heterocycles. The van der Waals surface area contributed by atoms with E-state index in [0.717, 1.165) is 106 Å². The van der Waals surface area contributed by atoms with Gasteiger partial charge < -0.3 is 18.7 Å². The Bertz CT molecular complexity index is 1390. The van der Waals surface area contributed by atoms with Crippen LogP contribution in [0.5, 0.6) is 0 Å². The minimum Gasteiger partial charge on any atom is -0.381 e. The highest BCUT2D eigenvalue weighted by Gasteiger charge is 2.53. The first-order valence-corrected chi connectivity index (χ1v) is 15.7. The monoisotopic (exact) mass is 557 g/mol. The molecule has 216 valence electrons. The number of fused-ring (bicyclic) bond motifs is 3. The lowest BCUT2D eigenvalue weighted by molar-refractivity contribution is -0.121. The van der Waals surface area contributed by atoms with E-state index in [4.69, 9.17) is 18.8 Å². The highest BCUT2D eigenvalue weighted by molar-refractivity contribution is 5.94. The second-order valence-electron chi connectivity index (χ2n) is 13.6. The van der Waals surface area contributed by atoms with E-state index in [-0.39, 0.29) is 22.7 Å². The van der Waals surface area contributed by atoms with Crippen LogP contribution in [0.1, 0.15) is 113 Å². The van der Waals surface area contributed by atoms with E-state index in [2.05, 4.69) is 32.3 Å². The van der Waals surface area contributed by atoms with E-state index in [1.807, 2.05) is 12.1 Å². The van der Waals surface area contributed by atoms with Crippen LogP contribution in [0.15, 0.2) is 33.3 Å². The lowest BCUT2D eigenvalue weighted by Crippen LogP contribution is -2.51. The second kappa shape index (κ2) is 10.0. The highest BCUT2D eigenvalue weighted by atomic mass is 16.5. The summed E-state index contributed by atoms with van der Waals surface area (Å²) < 4.78 is 17.2. The van der Waals surface area contributed by atoms with E-state index in [9.17, 15) is 4.79 Å². The van der Waals surface area contributed by atoms with Gasteiger partial charge in [0, 0.05) is 54.7 Å². The number of aromatic nitrogens is 4. The van der Waals surface area contributed by atoms with Crippen molar-refractivity contribution in [2.75, 3.05) is 24.7 Å². The third-order valence-electron chi connectivity index (χ3n) is 10.5. The molecule has 1 aromatic carbocycles. The van der Waals surface area contributed by atoms with Crippen molar-refractivity contribution in [3.8, 4) is 11.5 Å². The summed E-state index contributed by atoms with van der Waals surface area (Å²) in [5.74, 6) is 4.50. The van der Waals surface area contributed by atoms with Crippen molar-refractivity contribution >= 4 is 11.6 Å². The molecule has 0 radical (unpaired) electrons. The summed E-state index contributed by atoms with van der Waals surface area (Å²) in [4.78, 5) is 25.6. The van der Waals surface area contributed by atoms with Crippen molar-refractivity contribution in [1.29, 1.82) is 0 Å². The molecule has 0 N–H and O–H groups in total. The van der Waals surface area contributed by atoms with Gasteiger partial charge >= 0.3 is 0 Å². The van der Waals surface area contributed by atoms with Gasteiger partial charge in [0.1, 0.15) is 0 Å². The quantitative estimate of drug-likeness (QED) is 0.301. The Balaban J connectivity index is 1.04. The van der Waals surface area contributed by atoms with Crippen molar-refractivity contribution in [3.05, 3.63) is 41.8 Å². The number of nitrogens with zero attached hydrogens (tertiary/aromatic N) is 5. The van der Waals surface area contributed by atoms with Crippen LogP contribution < -0.4 is 4.90 Å². The smallest absolute Gasteiger partial charge is 0.258 e. The molecule has 5 aliphatic carbocycles.